The molecule has 0 aromatic heterocycles. The molecule has 0 radical (unpaired) electrons. The predicted molar refractivity (Wildman–Crippen MR) is 153 cm³/mol. The van der Waals surface area contributed by atoms with Crippen molar-refractivity contribution in [1.82, 2.24) is 0 Å². The van der Waals surface area contributed by atoms with Crippen molar-refractivity contribution in [3.8, 4) is 0 Å². The quantitative estimate of drug-likeness (QED) is 0.0640. The van der Waals surface area contributed by atoms with Gasteiger partial charge in [0.2, 0.25) is 0 Å². The van der Waals surface area contributed by atoms with Crippen LogP contribution in [0.25, 0.3) is 0 Å². The van der Waals surface area contributed by atoms with Crippen molar-refractivity contribution in [3.05, 3.63) is 0 Å². The van der Waals surface area contributed by atoms with Crippen molar-refractivity contribution in [2.75, 3.05) is 26.4 Å². The number of ether oxygens (including phenoxy) is 4. The van der Waals surface area contributed by atoms with Gasteiger partial charge in [-0.1, -0.05) is 77.6 Å². The van der Waals surface area contributed by atoms with Gasteiger partial charge in [-0.3, -0.25) is 9.11 Å². The van der Waals surface area contributed by atoms with Crippen molar-refractivity contribution >= 4 is 20.8 Å². The van der Waals surface area contributed by atoms with Gasteiger partial charge in [0.25, 0.3) is 0 Å². The lowest BCUT2D eigenvalue weighted by Crippen LogP contribution is -2.62. The zero-order valence-electron chi connectivity index (χ0n) is 25.1. The molecule has 9 atom stereocenters. The molecule has 2 rings (SSSR count). The standard InChI is InChI=1S/C26H50O16S2/c1-2-3-4-5-6-7-8-9-10-11-12-13-14-37-16-18(28)23-24(20(17-38-23)41-43(31,32)33)40-26-22(30)25(42-44(34,35)36)21(29)19(15-27)39-26/h18-30H,2-17H2,1H3,(H,31,32,33)(H,34,35,36)/t18-,19+,20+,21-,22+,23+,24-,25-,26-/m0/s1. The van der Waals surface area contributed by atoms with Gasteiger partial charge in [0, 0.05) is 6.61 Å². The van der Waals surface area contributed by atoms with Crippen LogP contribution in [-0.4, -0.2) is 128 Å². The maximum Gasteiger partial charge on any atom is 0.397 e. The molecule has 0 aliphatic carbocycles. The highest BCUT2D eigenvalue weighted by atomic mass is 32.3. The lowest BCUT2D eigenvalue weighted by Gasteiger charge is -2.42. The van der Waals surface area contributed by atoms with E-state index < -0.39 is 89.1 Å². The number of aliphatic hydroxyl groups excluding tert-OH is 4. The predicted octanol–water partition coefficient (Wildman–Crippen LogP) is 0.664. The minimum atomic E-state index is -5.19. The summed E-state index contributed by atoms with van der Waals surface area (Å²) >= 11 is 0. The average Bonchev–Trinajstić information content (AvgIpc) is 3.32. The van der Waals surface area contributed by atoms with E-state index >= 15 is 0 Å². The maximum absolute atomic E-state index is 11.4. The number of unbranched alkanes of at least 4 members (excludes halogenated alkanes) is 11. The summed E-state index contributed by atoms with van der Waals surface area (Å²) < 4.78 is 94.4. The summed E-state index contributed by atoms with van der Waals surface area (Å²) in [4.78, 5) is 0. The molecule has 0 saturated carbocycles. The molecule has 262 valence electrons. The molecule has 2 saturated heterocycles. The van der Waals surface area contributed by atoms with Crippen molar-refractivity contribution < 1.29 is 73.7 Å². The molecule has 16 nitrogen and oxygen atoms in total. The monoisotopic (exact) mass is 682 g/mol. The van der Waals surface area contributed by atoms with Gasteiger partial charge in [-0.25, -0.2) is 8.37 Å². The highest BCUT2D eigenvalue weighted by molar-refractivity contribution is 7.81. The van der Waals surface area contributed by atoms with Crippen LogP contribution >= 0.6 is 0 Å². The Morgan fingerprint density at radius 1 is 0.795 bits per heavy atom. The summed E-state index contributed by atoms with van der Waals surface area (Å²) in [6, 6.07) is 0. The van der Waals surface area contributed by atoms with Crippen LogP contribution in [0, 0.1) is 0 Å². The fraction of sp³-hybridized carbons (Fsp3) is 1.00. The van der Waals surface area contributed by atoms with E-state index in [9.17, 15) is 41.8 Å². The molecule has 2 aliphatic heterocycles. The molecule has 0 aromatic carbocycles. The Morgan fingerprint density at radius 3 is 1.86 bits per heavy atom. The second kappa shape index (κ2) is 19.9. The summed E-state index contributed by atoms with van der Waals surface area (Å²) in [5.41, 5.74) is 0. The Hall–Kier alpha value is -0.580. The highest BCUT2D eigenvalue weighted by Gasteiger charge is 2.52. The third-order valence-electron chi connectivity index (χ3n) is 7.54. The van der Waals surface area contributed by atoms with Crippen LogP contribution in [0.2, 0.25) is 0 Å². The first-order valence-corrected chi connectivity index (χ1v) is 18.0. The summed E-state index contributed by atoms with van der Waals surface area (Å²) in [7, 11) is -10.2. The lowest BCUT2D eigenvalue weighted by atomic mass is 9.99. The zero-order chi connectivity index (χ0) is 32.8. The van der Waals surface area contributed by atoms with Crippen LogP contribution in [-0.2, 0) is 48.1 Å². The molecule has 18 heteroatoms. The van der Waals surface area contributed by atoms with Crippen molar-refractivity contribution in [1.29, 1.82) is 0 Å². The molecule has 2 aliphatic rings. The molecule has 0 amide bonds. The van der Waals surface area contributed by atoms with Crippen LogP contribution in [0.5, 0.6) is 0 Å². The van der Waals surface area contributed by atoms with Gasteiger partial charge in [0.05, 0.1) is 19.8 Å². The van der Waals surface area contributed by atoms with Crippen LogP contribution in [0.15, 0.2) is 0 Å². The molecular formula is C26H50O16S2. The molecule has 0 spiro atoms. The fourth-order valence-corrected chi connectivity index (χ4v) is 6.25. The minimum absolute atomic E-state index is 0.248. The van der Waals surface area contributed by atoms with Crippen LogP contribution in [0.4, 0.5) is 0 Å². The van der Waals surface area contributed by atoms with Gasteiger partial charge in [0.15, 0.2) is 6.29 Å². The van der Waals surface area contributed by atoms with Gasteiger partial charge in [0.1, 0.15) is 48.8 Å². The Kier molecular flexibility index (Phi) is 17.9. The summed E-state index contributed by atoms with van der Waals surface area (Å²) in [5.74, 6) is 0. The van der Waals surface area contributed by atoms with E-state index in [0.29, 0.717) is 6.61 Å². The third kappa shape index (κ3) is 14.5. The first kappa shape index (κ1) is 39.6. The molecule has 6 N–H and O–H groups in total. The molecule has 44 heavy (non-hydrogen) atoms. The molecule has 0 aromatic rings. The van der Waals surface area contributed by atoms with Crippen molar-refractivity contribution in [2.24, 2.45) is 0 Å². The number of hydrogen-bond donors (Lipinski definition) is 6. The van der Waals surface area contributed by atoms with Crippen LogP contribution in [0.1, 0.15) is 84.0 Å². The topological polar surface area (TPSA) is 245 Å². The van der Waals surface area contributed by atoms with E-state index in [2.05, 4.69) is 15.3 Å². The molecule has 0 bridgehead atoms. The summed E-state index contributed by atoms with van der Waals surface area (Å²) in [6.07, 6.45) is -1.36. The molecule has 2 fully saturated rings. The SMILES string of the molecule is CCCCCCCCCCCCCCOC[C@H](O)[C@H]1OC[C@@H](OS(=O)(=O)O)[C@@H]1O[C@@H]1O[C@H](CO)[C@H](O)[C@H](OS(=O)(=O)O)[C@H]1O. The van der Waals surface area contributed by atoms with Crippen LogP contribution in [0.3, 0.4) is 0 Å². The number of rotatable bonds is 23. The first-order valence-electron chi connectivity index (χ1n) is 15.2. The van der Waals surface area contributed by atoms with E-state index in [4.69, 9.17) is 23.5 Å². The van der Waals surface area contributed by atoms with E-state index in [0.717, 1.165) is 25.7 Å². The van der Waals surface area contributed by atoms with Crippen LogP contribution < -0.4 is 0 Å². The molecule has 0 unspecified atom stereocenters. The lowest BCUT2D eigenvalue weighted by molar-refractivity contribution is -0.315. The Bertz CT molecular complexity index is 996. The highest BCUT2D eigenvalue weighted by Crippen LogP contribution is 2.31. The summed E-state index contributed by atoms with van der Waals surface area (Å²) in [5, 5.41) is 41.1. The number of hydrogen-bond acceptors (Lipinski definition) is 14. The van der Waals surface area contributed by atoms with Gasteiger partial charge in [-0.15, -0.1) is 0 Å². The van der Waals surface area contributed by atoms with E-state index in [1.54, 1.807) is 0 Å². The Morgan fingerprint density at radius 2 is 1.34 bits per heavy atom. The summed E-state index contributed by atoms with van der Waals surface area (Å²) in [6.45, 7) is 0.905. The van der Waals surface area contributed by atoms with Gasteiger partial charge >= 0.3 is 20.8 Å². The smallest absolute Gasteiger partial charge is 0.394 e. The van der Waals surface area contributed by atoms with Gasteiger partial charge in [-0.2, -0.15) is 16.8 Å². The minimum Gasteiger partial charge on any atom is -0.394 e. The molecule has 2 heterocycles. The second-order valence-electron chi connectivity index (χ2n) is 11.2. The maximum atomic E-state index is 11.4. The fourth-order valence-electron chi connectivity index (χ4n) is 5.26. The van der Waals surface area contributed by atoms with Crippen molar-refractivity contribution in [3.63, 3.8) is 0 Å². The van der Waals surface area contributed by atoms with Gasteiger partial charge in [-0.05, 0) is 6.42 Å². The first-order chi connectivity index (χ1) is 20.8. The average molecular weight is 683 g/mol. The van der Waals surface area contributed by atoms with Crippen molar-refractivity contribution in [2.45, 2.75) is 139 Å². The largest absolute Gasteiger partial charge is 0.397 e. The van der Waals surface area contributed by atoms with E-state index in [1.807, 2.05) is 0 Å². The van der Waals surface area contributed by atoms with E-state index in [1.165, 1.54) is 51.4 Å². The Labute approximate surface area is 259 Å². The molecular weight excluding hydrogens is 632 g/mol. The zero-order valence-corrected chi connectivity index (χ0v) is 26.7. The second-order valence-corrected chi connectivity index (χ2v) is 13.3. The normalized spacial score (nSPS) is 30.5. The third-order valence-corrected chi connectivity index (χ3v) is 8.50. The Balaban J connectivity index is 1.86. The van der Waals surface area contributed by atoms with Gasteiger partial charge < -0.3 is 39.4 Å². The van der Waals surface area contributed by atoms with E-state index in [-0.39, 0.29) is 6.61 Å². The number of aliphatic hydroxyl groups is 4.